The molecule has 2 fully saturated rings. The minimum Gasteiger partial charge on any atom is -0.403 e. The molecule has 0 aromatic heterocycles. The Hall–Kier alpha value is -1.46. The molecule has 1 saturated carbocycles. The summed E-state index contributed by atoms with van der Waals surface area (Å²) in [7, 11) is -1.85. The number of amides is 2. The molecule has 0 radical (unpaired) electrons. The summed E-state index contributed by atoms with van der Waals surface area (Å²) in [6.07, 6.45) is 1.79. The molecule has 1 aromatic carbocycles. The number of imide groups is 1. The van der Waals surface area contributed by atoms with Gasteiger partial charge in [0.2, 0.25) is 0 Å². The van der Waals surface area contributed by atoms with Crippen molar-refractivity contribution in [2.75, 3.05) is 0 Å². The highest BCUT2D eigenvalue weighted by Gasteiger charge is 2.58. The summed E-state index contributed by atoms with van der Waals surface area (Å²) < 4.78 is 6.46. The van der Waals surface area contributed by atoms with E-state index in [9.17, 15) is 9.59 Å². The van der Waals surface area contributed by atoms with Crippen LogP contribution >= 0.6 is 0 Å². The average molecular weight is 346 g/mol. The quantitative estimate of drug-likeness (QED) is 0.428. The molecular weight excluding hydrogens is 318 g/mol. The lowest BCUT2D eigenvalue weighted by Gasteiger charge is -2.49. The van der Waals surface area contributed by atoms with E-state index in [-0.39, 0.29) is 17.9 Å². The van der Waals surface area contributed by atoms with Gasteiger partial charge < -0.3 is 4.43 Å². The second-order valence-corrected chi connectivity index (χ2v) is 11.7. The lowest BCUT2D eigenvalue weighted by atomic mass is 9.92. The molecule has 1 aliphatic heterocycles. The zero-order valence-corrected chi connectivity index (χ0v) is 15.8. The van der Waals surface area contributed by atoms with E-state index in [0.29, 0.717) is 11.5 Å². The third kappa shape index (κ3) is 2.95. The number of carbonyl (C=O) groups is 2. The van der Waals surface area contributed by atoms with Gasteiger partial charge in [0.25, 0.3) is 11.8 Å². The Morgan fingerprint density at radius 1 is 1.12 bits per heavy atom. The second kappa shape index (κ2) is 6.80. The Morgan fingerprint density at radius 2 is 1.71 bits per heavy atom. The maximum absolute atomic E-state index is 12.8. The number of β-lactam (4-membered cyclic amide) rings is 1. The number of rotatable bonds is 7. The molecule has 2 atom stereocenters. The first-order valence-electron chi connectivity index (χ1n) is 9.17. The summed E-state index contributed by atoms with van der Waals surface area (Å²) in [6, 6.07) is 12.1. The van der Waals surface area contributed by atoms with Crippen LogP contribution in [-0.2, 0) is 9.22 Å². The van der Waals surface area contributed by atoms with E-state index in [1.54, 1.807) is 12.1 Å². The van der Waals surface area contributed by atoms with Crippen molar-refractivity contribution in [1.82, 2.24) is 4.90 Å². The maximum atomic E-state index is 12.8. The van der Waals surface area contributed by atoms with Gasteiger partial charge in [0.05, 0.1) is 6.04 Å². The van der Waals surface area contributed by atoms with Crippen molar-refractivity contribution in [3.05, 3.63) is 35.9 Å². The first-order chi connectivity index (χ1) is 11.6. The van der Waals surface area contributed by atoms with Crippen LogP contribution in [0.5, 0.6) is 0 Å². The van der Waals surface area contributed by atoms with Crippen LogP contribution in [0.25, 0.3) is 0 Å². The van der Waals surface area contributed by atoms with Gasteiger partial charge in [-0.1, -0.05) is 39.0 Å². The predicted molar refractivity (Wildman–Crippen MR) is 96.2 cm³/mol. The van der Waals surface area contributed by atoms with Crippen LogP contribution in [-0.4, -0.2) is 37.2 Å². The molecule has 0 unspecified atom stereocenters. The fraction of sp³-hybridized carbons (Fsp3) is 0.579. The van der Waals surface area contributed by atoms with Crippen LogP contribution < -0.4 is 0 Å². The highest BCUT2D eigenvalue weighted by atomic mass is 28.4. The zero-order chi connectivity index (χ0) is 17.3. The first kappa shape index (κ1) is 17.4. The second-order valence-electron chi connectivity index (χ2n) is 6.99. The third-order valence-corrected chi connectivity index (χ3v) is 10.4. The smallest absolute Gasteiger partial charge is 0.260 e. The number of likely N-dealkylation sites (tertiary alicyclic amines) is 1. The van der Waals surface area contributed by atoms with Gasteiger partial charge in [0.1, 0.15) is 6.10 Å². The monoisotopic (exact) mass is 345 g/mol. The topological polar surface area (TPSA) is 46.6 Å². The molecule has 3 rings (SSSR count). The largest absolute Gasteiger partial charge is 0.403 e. The van der Waals surface area contributed by atoms with Crippen LogP contribution in [0.1, 0.15) is 44.0 Å². The van der Waals surface area contributed by atoms with E-state index in [0.717, 1.165) is 31.0 Å². The molecule has 4 nitrogen and oxygen atoms in total. The van der Waals surface area contributed by atoms with Crippen molar-refractivity contribution in [3.63, 3.8) is 0 Å². The van der Waals surface area contributed by atoms with Crippen LogP contribution in [0.2, 0.25) is 18.1 Å². The predicted octanol–water partition coefficient (Wildman–Crippen LogP) is 3.84. The van der Waals surface area contributed by atoms with Gasteiger partial charge >= 0.3 is 0 Å². The van der Waals surface area contributed by atoms with Crippen molar-refractivity contribution in [2.24, 2.45) is 5.92 Å². The average Bonchev–Trinajstić information content (AvgIpc) is 3.46. The Labute approximate surface area is 145 Å². The Bertz CT molecular complexity index is 602. The van der Waals surface area contributed by atoms with E-state index in [1.165, 1.54) is 4.90 Å². The summed E-state index contributed by atoms with van der Waals surface area (Å²) in [5.41, 5.74) is 0.583. The minimum atomic E-state index is -1.85. The Kier molecular flexibility index (Phi) is 4.92. The van der Waals surface area contributed by atoms with Crippen molar-refractivity contribution >= 4 is 20.1 Å². The Balaban J connectivity index is 1.79. The van der Waals surface area contributed by atoms with Crippen molar-refractivity contribution < 1.29 is 14.0 Å². The van der Waals surface area contributed by atoms with Gasteiger partial charge in [0.15, 0.2) is 8.32 Å². The highest BCUT2D eigenvalue weighted by Crippen LogP contribution is 2.45. The fourth-order valence-electron chi connectivity index (χ4n) is 3.72. The third-order valence-electron chi connectivity index (χ3n) is 5.74. The number of nitrogens with zero attached hydrogens (tertiary/aromatic N) is 1. The van der Waals surface area contributed by atoms with Gasteiger partial charge in [-0.3, -0.25) is 14.5 Å². The van der Waals surface area contributed by atoms with E-state index in [2.05, 4.69) is 20.8 Å². The van der Waals surface area contributed by atoms with Crippen molar-refractivity contribution in [2.45, 2.75) is 63.9 Å². The molecule has 1 saturated heterocycles. The molecule has 130 valence electrons. The van der Waals surface area contributed by atoms with E-state index in [4.69, 9.17) is 4.43 Å². The van der Waals surface area contributed by atoms with E-state index >= 15 is 0 Å². The molecule has 5 heteroatoms. The van der Waals surface area contributed by atoms with Gasteiger partial charge in [-0.05, 0) is 49.0 Å². The van der Waals surface area contributed by atoms with Gasteiger partial charge in [0, 0.05) is 5.56 Å². The van der Waals surface area contributed by atoms with Crippen LogP contribution in [0.4, 0.5) is 0 Å². The fourth-order valence-corrected chi connectivity index (χ4v) is 6.50. The maximum Gasteiger partial charge on any atom is 0.260 e. The molecule has 2 aliphatic rings. The zero-order valence-electron chi connectivity index (χ0n) is 14.8. The van der Waals surface area contributed by atoms with Gasteiger partial charge in [-0.2, -0.15) is 0 Å². The molecular formula is C19H27NO3Si. The summed E-state index contributed by atoms with van der Waals surface area (Å²) in [4.78, 5) is 27.0. The molecule has 0 N–H and O–H groups in total. The summed E-state index contributed by atoms with van der Waals surface area (Å²) >= 11 is 0. The summed E-state index contributed by atoms with van der Waals surface area (Å²) in [6.45, 7) is 6.50. The van der Waals surface area contributed by atoms with Crippen LogP contribution in [0, 0.1) is 5.92 Å². The number of hydrogen-bond donors (Lipinski definition) is 0. The minimum absolute atomic E-state index is 0.0540. The van der Waals surface area contributed by atoms with Crippen LogP contribution in [0.15, 0.2) is 30.3 Å². The van der Waals surface area contributed by atoms with Gasteiger partial charge in [-0.15, -0.1) is 0 Å². The molecule has 24 heavy (non-hydrogen) atoms. The first-order valence-corrected chi connectivity index (χ1v) is 11.7. The SMILES string of the molecule is CC[Si](CC)(CC)O[C@H]1C(=O)N(C(=O)c2ccccc2)[C@H]1C1CC1. The van der Waals surface area contributed by atoms with Crippen LogP contribution in [0.3, 0.4) is 0 Å². The van der Waals surface area contributed by atoms with Crippen molar-refractivity contribution in [3.8, 4) is 0 Å². The summed E-state index contributed by atoms with van der Waals surface area (Å²) in [5.74, 6) is 0.125. The number of carbonyl (C=O) groups excluding carboxylic acids is 2. The molecule has 0 spiro atoms. The normalized spacial score (nSPS) is 24.0. The lowest BCUT2D eigenvalue weighted by molar-refractivity contribution is -0.159. The molecule has 1 aliphatic carbocycles. The Morgan fingerprint density at radius 3 is 2.21 bits per heavy atom. The number of benzene rings is 1. The molecule has 1 aromatic rings. The molecule has 2 amide bonds. The van der Waals surface area contributed by atoms with Crippen molar-refractivity contribution in [1.29, 1.82) is 0 Å². The highest BCUT2D eigenvalue weighted by molar-refractivity contribution is 6.73. The summed E-state index contributed by atoms with van der Waals surface area (Å²) in [5, 5.41) is 0. The van der Waals surface area contributed by atoms with Gasteiger partial charge in [-0.25, -0.2) is 0 Å². The number of hydrogen-bond acceptors (Lipinski definition) is 3. The standard InChI is InChI=1S/C19H27NO3Si/c1-4-24(5-2,6-3)23-17-16(14-12-13-14)20(19(17)22)18(21)15-10-8-7-9-11-15/h7-11,14,16-17H,4-6,12-13H2,1-3H3/t16-,17+/m0/s1. The lowest BCUT2D eigenvalue weighted by Crippen LogP contribution is -2.70. The van der Waals surface area contributed by atoms with E-state index in [1.807, 2.05) is 18.2 Å². The van der Waals surface area contributed by atoms with E-state index < -0.39 is 14.4 Å². The molecule has 0 bridgehead atoms. The molecule has 1 heterocycles.